The average molecular weight is 373 g/mol. The number of ether oxygens (including phenoxy) is 1. The summed E-state index contributed by atoms with van der Waals surface area (Å²) in [5.74, 6) is -1.36. The molecule has 1 aromatic heterocycles. The quantitative estimate of drug-likeness (QED) is 0.595. The van der Waals surface area contributed by atoms with Crippen molar-refractivity contribution in [3.63, 3.8) is 0 Å². The van der Waals surface area contributed by atoms with E-state index in [1.165, 1.54) is 11.3 Å². The maximum atomic E-state index is 12.5. The van der Waals surface area contributed by atoms with Crippen LogP contribution in [0, 0.1) is 19.8 Å². The van der Waals surface area contributed by atoms with Gasteiger partial charge in [0.25, 0.3) is 5.91 Å². The van der Waals surface area contributed by atoms with Crippen LogP contribution in [0.2, 0.25) is 0 Å². The second kappa shape index (κ2) is 8.76. The normalized spacial score (nSPS) is 11.9. The molecule has 0 aliphatic rings. The van der Waals surface area contributed by atoms with Gasteiger partial charge in [-0.05, 0) is 43.5 Å². The molecule has 0 radical (unpaired) electrons. The number of hydrogen-bond donors (Lipinski definition) is 1. The summed E-state index contributed by atoms with van der Waals surface area (Å²) in [7, 11) is 0. The number of esters is 1. The second-order valence-corrected chi connectivity index (χ2v) is 7.74. The SMILES string of the molecule is Cc1ccc(C(=O)COC(=O)[C@@H](NC(=O)c2ccccc2C)C(C)C)s1. The number of amides is 1. The molecule has 0 spiro atoms. The number of rotatable bonds is 7. The fraction of sp³-hybridized carbons (Fsp3) is 0.350. The van der Waals surface area contributed by atoms with Crippen molar-refractivity contribution in [1.29, 1.82) is 0 Å². The molecule has 1 aromatic carbocycles. The number of nitrogens with one attached hydrogen (secondary N) is 1. The minimum Gasteiger partial charge on any atom is -0.456 e. The lowest BCUT2D eigenvalue weighted by atomic mass is 10.0. The van der Waals surface area contributed by atoms with Crippen molar-refractivity contribution in [2.45, 2.75) is 33.7 Å². The van der Waals surface area contributed by atoms with Crippen LogP contribution >= 0.6 is 11.3 Å². The smallest absolute Gasteiger partial charge is 0.329 e. The first-order valence-electron chi connectivity index (χ1n) is 8.42. The van der Waals surface area contributed by atoms with Crippen molar-refractivity contribution in [1.82, 2.24) is 5.32 Å². The third-order valence-corrected chi connectivity index (χ3v) is 5.00. The van der Waals surface area contributed by atoms with Crippen LogP contribution < -0.4 is 5.32 Å². The van der Waals surface area contributed by atoms with Crippen LogP contribution in [0.3, 0.4) is 0 Å². The van der Waals surface area contributed by atoms with Crippen LogP contribution in [0.15, 0.2) is 36.4 Å². The maximum absolute atomic E-state index is 12.5. The van der Waals surface area contributed by atoms with Gasteiger partial charge in [0.15, 0.2) is 6.61 Å². The molecule has 2 rings (SSSR count). The Morgan fingerprint density at radius 1 is 1.08 bits per heavy atom. The van der Waals surface area contributed by atoms with E-state index in [0.717, 1.165) is 10.4 Å². The third kappa shape index (κ3) is 5.02. The summed E-state index contributed by atoms with van der Waals surface area (Å²) in [6.07, 6.45) is 0. The fourth-order valence-electron chi connectivity index (χ4n) is 2.43. The molecule has 0 aliphatic carbocycles. The number of aryl methyl sites for hydroxylation is 2. The summed E-state index contributed by atoms with van der Waals surface area (Å²) >= 11 is 1.36. The van der Waals surface area contributed by atoms with Crippen LogP contribution in [0.4, 0.5) is 0 Å². The van der Waals surface area contributed by atoms with E-state index in [0.29, 0.717) is 10.4 Å². The number of carbonyl (C=O) groups is 3. The number of hydrogen-bond acceptors (Lipinski definition) is 5. The Morgan fingerprint density at radius 3 is 2.35 bits per heavy atom. The van der Waals surface area contributed by atoms with Gasteiger partial charge in [0.2, 0.25) is 5.78 Å². The van der Waals surface area contributed by atoms with E-state index in [-0.39, 0.29) is 24.2 Å². The highest BCUT2D eigenvalue weighted by molar-refractivity contribution is 7.14. The lowest BCUT2D eigenvalue weighted by Crippen LogP contribution is -2.45. The number of carbonyl (C=O) groups excluding carboxylic acids is 3. The van der Waals surface area contributed by atoms with Gasteiger partial charge in [-0.3, -0.25) is 9.59 Å². The zero-order chi connectivity index (χ0) is 19.3. The predicted octanol–water partition coefficient (Wildman–Crippen LogP) is 3.55. The molecular formula is C20H23NO4S. The summed E-state index contributed by atoms with van der Waals surface area (Å²) in [6.45, 7) is 7.04. The van der Waals surface area contributed by atoms with Gasteiger partial charge in [-0.15, -0.1) is 11.3 Å². The van der Waals surface area contributed by atoms with Crippen molar-refractivity contribution < 1.29 is 19.1 Å². The van der Waals surface area contributed by atoms with Crippen molar-refractivity contribution in [3.05, 3.63) is 57.3 Å². The predicted molar refractivity (Wildman–Crippen MR) is 102 cm³/mol. The van der Waals surface area contributed by atoms with Gasteiger partial charge >= 0.3 is 5.97 Å². The van der Waals surface area contributed by atoms with Gasteiger partial charge in [-0.25, -0.2) is 4.79 Å². The summed E-state index contributed by atoms with van der Waals surface area (Å²) in [6, 6.07) is 9.90. The molecule has 0 unspecified atom stereocenters. The molecule has 2 aromatic rings. The standard InChI is InChI=1S/C20H23NO4S/c1-12(2)18(21-19(23)15-8-6-5-7-13(15)3)20(24)25-11-16(22)17-10-9-14(4)26-17/h5-10,12,18H,11H2,1-4H3,(H,21,23)/t18-/m0/s1. The summed E-state index contributed by atoms with van der Waals surface area (Å²) in [4.78, 5) is 38.5. The van der Waals surface area contributed by atoms with Gasteiger partial charge in [0.05, 0.1) is 4.88 Å². The molecule has 138 valence electrons. The first kappa shape index (κ1) is 19.8. The molecule has 0 aliphatic heterocycles. The lowest BCUT2D eigenvalue weighted by molar-refractivity contribution is -0.145. The Morgan fingerprint density at radius 2 is 1.77 bits per heavy atom. The highest BCUT2D eigenvalue weighted by atomic mass is 32.1. The highest BCUT2D eigenvalue weighted by Crippen LogP contribution is 2.16. The fourth-order valence-corrected chi connectivity index (χ4v) is 3.22. The van der Waals surface area contributed by atoms with Crippen LogP contribution in [0.5, 0.6) is 0 Å². The molecule has 1 amide bonds. The Bertz CT molecular complexity index is 810. The van der Waals surface area contributed by atoms with E-state index in [2.05, 4.69) is 5.32 Å². The molecule has 26 heavy (non-hydrogen) atoms. The zero-order valence-corrected chi connectivity index (χ0v) is 16.2. The molecular weight excluding hydrogens is 350 g/mol. The van der Waals surface area contributed by atoms with E-state index >= 15 is 0 Å². The first-order valence-corrected chi connectivity index (χ1v) is 9.24. The Balaban J connectivity index is 2.00. The first-order chi connectivity index (χ1) is 12.3. The molecule has 6 heteroatoms. The molecule has 0 saturated carbocycles. The summed E-state index contributed by atoms with van der Waals surface area (Å²) in [5, 5.41) is 2.72. The number of thiophene rings is 1. The Hall–Kier alpha value is -2.47. The molecule has 0 bridgehead atoms. The van der Waals surface area contributed by atoms with Crippen molar-refractivity contribution in [2.75, 3.05) is 6.61 Å². The minimum absolute atomic E-state index is 0.172. The van der Waals surface area contributed by atoms with Gasteiger partial charge in [-0.1, -0.05) is 32.0 Å². The largest absolute Gasteiger partial charge is 0.456 e. The van der Waals surface area contributed by atoms with E-state index < -0.39 is 12.0 Å². The third-order valence-electron chi connectivity index (χ3n) is 3.96. The molecule has 0 fully saturated rings. The second-order valence-electron chi connectivity index (χ2n) is 6.45. The number of benzene rings is 1. The van der Waals surface area contributed by atoms with E-state index in [1.807, 2.05) is 45.9 Å². The van der Waals surface area contributed by atoms with Gasteiger partial charge < -0.3 is 10.1 Å². The topological polar surface area (TPSA) is 72.5 Å². The Labute approximate surface area is 157 Å². The Kier molecular flexibility index (Phi) is 6.69. The highest BCUT2D eigenvalue weighted by Gasteiger charge is 2.27. The van der Waals surface area contributed by atoms with Gasteiger partial charge in [0.1, 0.15) is 6.04 Å². The maximum Gasteiger partial charge on any atom is 0.329 e. The van der Waals surface area contributed by atoms with E-state index in [9.17, 15) is 14.4 Å². The molecule has 0 saturated heterocycles. The van der Waals surface area contributed by atoms with E-state index in [4.69, 9.17) is 4.74 Å². The summed E-state index contributed by atoms with van der Waals surface area (Å²) < 4.78 is 5.16. The molecule has 5 nitrogen and oxygen atoms in total. The van der Waals surface area contributed by atoms with Crippen LogP contribution in [0.25, 0.3) is 0 Å². The average Bonchev–Trinajstić information content (AvgIpc) is 3.03. The lowest BCUT2D eigenvalue weighted by Gasteiger charge is -2.21. The minimum atomic E-state index is -0.819. The van der Waals surface area contributed by atoms with Gasteiger partial charge in [0, 0.05) is 10.4 Å². The van der Waals surface area contributed by atoms with Crippen molar-refractivity contribution in [2.24, 2.45) is 5.92 Å². The number of Topliss-reactive ketones (excluding diaryl/α,β-unsaturated/α-hetero) is 1. The van der Waals surface area contributed by atoms with Crippen LogP contribution in [-0.2, 0) is 9.53 Å². The van der Waals surface area contributed by atoms with E-state index in [1.54, 1.807) is 18.2 Å². The zero-order valence-electron chi connectivity index (χ0n) is 15.4. The molecule has 1 atom stereocenters. The molecule has 1 heterocycles. The van der Waals surface area contributed by atoms with Crippen LogP contribution in [0.1, 0.15) is 44.3 Å². The molecule has 1 N–H and O–H groups in total. The monoisotopic (exact) mass is 373 g/mol. The summed E-state index contributed by atoms with van der Waals surface area (Å²) in [5.41, 5.74) is 1.33. The van der Waals surface area contributed by atoms with Crippen molar-refractivity contribution in [3.8, 4) is 0 Å². The van der Waals surface area contributed by atoms with Gasteiger partial charge in [-0.2, -0.15) is 0 Å². The number of ketones is 1. The van der Waals surface area contributed by atoms with Crippen molar-refractivity contribution >= 4 is 29.0 Å². The van der Waals surface area contributed by atoms with Crippen LogP contribution in [-0.4, -0.2) is 30.3 Å².